The maximum absolute atomic E-state index is 12.4. The van der Waals surface area contributed by atoms with E-state index in [-0.39, 0.29) is 21.2 Å². The Labute approximate surface area is 127 Å². The van der Waals surface area contributed by atoms with Crippen LogP contribution in [0.2, 0.25) is 5.02 Å². The van der Waals surface area contributed by atoms with Crippen molar-refractivity contribution in [3.05, 3.63) is 47.1 Å². The second kappa shape index (κ2) is 5.47. The lowest BCUT2D eigenvalue weighted by Gasteiger charge is -2.08. The first-order valence-corrected chi connectivity index (χ1v) is 8.05. The average Bonchev–Trinajstić information content (AvgIpc) is 2.37. The number of aromatic nitrogens is 1. The van der Waals surface area contributed by atoms with E-state index in [1.165, 1.54) is 12.1 Å². The Kier molecular flexibility index (Phi) is 4.19. The van der Waals surface area contributed by atoms with Gasteiger partial charge in [-0.1, -0.05) is 17.7 Å². The second-order valence-electron chi connectivity index (χ2n) is 4.01. The Morgan fingerprint density at radius 1 is 1.10 bits per heavy atom. The van der Waals surface area contributed by atoms with Crippen molar-refractivity contribution in [3.8, 4) is 11.3 Å². The van der Waals surface area contributed by atoms with Gasteiger partial charge in [0.25, 0.3) is 9.05 Å². The molecule has 0 aliphatic rings. The number of alkyl halides is 3. The van der Waals surface area contributed by atoms with Gasteiger partial charge in [0.1, 0.15) is 4.90 Å². The third-order valence-electron chi connectivity index (χ3n) is 2.58. The molecule has 0 aliphatic heterocycles. The van der Waals surface area contributed by atoms with Crippen LogP contribution in [0.1, 0.15) is 5.56 Å². The molecule has 112 valence electrons. The Morgan fingerprint density at radius 3 is 2.24 bits per heavy atom. The number of hydrogen-bond donors (Lipinski definition) is 0. The summed E-state index contributed by atoms with van der Waals surface area (Å²) in [6.07, 6.45) is -3.82. The van der Waals surface area contributed by atoms with Crippen molar-refractivity contribution in [2.45, 2.75) is 11.1 Å². The van der Waals surface area contributed by atoms with Crippen molar-refractivity contribution >= 4 is 31.3 Å². The monoisotopic (exact) mass is 355 g/mol. The molecule has 0 saturated carbocycles. The standard InChI is InChI=1S/C12H6Cl2F3NO2S/c13-9-3-1-7(5-11(9)21(14,19)20)10-4-2-8(6-18-10)12(15,16)17/h1-6H. The first kappa shape index (κ1) is 16.1. The van der Waals surface area contributed by atoms with Gasteiger partial charge in [0.05, 0.1) is 16.3 Å². The third kappa shape index (κ3) is 3.66. The van der Waals surface area contributed by atoms with Crippen LogP contribution < -0.4 is 0 Å². The molecular formula is C12H6Cl2F3NO2S. The lowest BCUT2D eigenvalue weighted by Crippen LogP contribution is -2.05. The molecule has 1 aromatic carbocycles. The van der Waals surface area contributed by atoms with E-state index < -0.39 is 20.8 Å². The van der Waals surface area contributed by atoms with Crippen LogP contribution in [-0.4, -0.2) is 13.4 Å². The molecule has 0 saturated heterocycles. The van der Waals surface area contributed by atoms with Crippen molar-refractivity contribution in [1.82, 2.24) is 4.98 Å². The first-order chi connectivity index (χ1) is 9.59. The second-order valence-corrected chi connectivity index (χ2v) is 6.95. The highest BCUT2D eigenvalue weighted by Gasteiger charge is 2.30. The van der Waals surface area contributed by atoms with Gasteiger partial charge in [0.15, 0.2) is 0 Å². The van der Waals surface area contributed by atoms with E-state index in [0.717, 1.165) is 18.2 Å². The third-order valence-corrected chi connectivity index (χ3v) is 4.38. The number of rotatable bonds is 2. The summed E-state index contributed by atoms with van der Waals surface area (Å²) in [4.78, 5) is 3.34. The summed E-state index contributed by atoms with van der Waals surface area (Å²) in [7, 11) is 1.16. The molecule has 0 N–H and O–H groups in total. The van der Waals surface area contributed by atoms with E-state index >= 15 is 0 Å². The molecule has 0 unspecified atom stereocenters. The molecule has 0 atom stereocenters. The summed E-state index contributed by atoms with van der Waals surface area (Å²) in [5, 5.41) is -0.0827. The quantitative estimate of drug-likeness (QED) is 0.752. The van der Waals surface area contributed by atoms with Gasteiger partial charge in [0, 0.05) is 22.4 Å². The molecule has 21 heavy (non-hydrogen) atoms. The lowest BCUT2D eigenvalue weighted by molar-refractivity contribution is -0.137. The van der Waals surface area contributed by atoms with Crippen LogP contribution in [0.3, 0.4) is 0 Å². The van der Waals surface area contributed by atoms with Crippen molar-refractivity contribution in [2.75, 3.05) is 0 Å². The minimum Gasteiger partial charge on any atom is -0.256 e. The van der Waals surface area contributed by atoms with Crippen LogP contribution in [0.25, 0.3) is 11.3 Å². The van der Waals surface area contributed by atoms with Gasteiger partial charge in [-0.05, 0) is 24.3 Å². The van der Waals surface area contributed by atoms with Gasteiger partial charge in [-0.2, -0.15) is 13.2 Å². The number of pyridine rings is 1. The molecule has 0 bridgehead atoms. The summed E-state index contributed by atoms with van der Waals surface area (Å²) in [5.74, 6) is 0. The van der Waals surface area contributed by atoms with Crippen molar-refractivity contribution in [2.24, 2.45) is 0 Å². The fourth-order valence-electron chi connectivity index (χ4n) is 1.58. The predicted octanol–water partition coefficient (Wildman–Crippen LogP) is 4.35. The van der Waals surface area contributed by atoms with Gasteiger partial charge in [0.2, 0.25) is 0 Å². The minimum absolute atomic E-state index is 0.0827. The van der Waals surface area contributed by atoms with Gasteiger partial charge >= 0.3 is 6.18 Å². The van der Waals surface area contributed by atoms with Crippen molar-refractivity contribution in [3.63, 3.8) is 0 Å². The molecule has 0 spiro atoms. The number of benzene rings is 1. The topological polar surface area (TPSA) is 47.0 Å². The van der Waals surface area contributed by atoms with Crippen LogP contribution >= 0.6 is 22.3 Å². The molecule has 0 amide bonds. The summed E-state index contributed by atoms with van der Waals surface area (Å²) < 4.78 is 60.0. The van der Waals surface area contributed by atoms with Crippen LogP contribution in [0.5, 0.6) is 0 Å². The van der Waals surface area contributed by atoms with Gasteiger partial charge in [-0.25, -0.2) is 8.42 Å². The molecule has 2 rings (SSSR count). The van der Waals surface area contributed by atoms with Crippen molar-refractivity contribution in [1.29, 1.82) is 0 Å². The van der Waals surface area contributed by atoms with Crippen LogP contribution in [0.15, 0.2) is 41.4 Å². The highest BCUT2D eigenvalue weighted by atomic mass is 35.7. The SMILES string of the molecule is O=S(=O)(Cl)c1cc(-c2ccc(C(F)(F)F)cn2)ccc1Cl. The molecule has 2 aromatic rings. The largest absolute Gasteiger partial charge is 0.417 e. The molecule has 1 heterocycles. The Bertz CT molecular complexity index is 774. The number of halogens is 5. The highest BCUT2D eigenvalue weighted by molar-refractivity contribution is 8.13. The molecular weight excluding hydrogens is 350 g/mol. The molecule has 9 heteroatoms. The Hall–Kier alpha value is -1.31. The summed E-state index contributed by atoms with van der Waals surface area (Å²) >= 11 is 5.72. The predicted molar refractivity (Wildman–Crippen MR) is 72.7 cm³/mol. The molecule has 0 aliphatic carbocycles. The van der Waals surface area contributed by atoms with Gasteiger partial charge < -0.3 is 0 Å². The van der Waals surface area contributed by atoms with Crippen LogP contribution in [0, 0.1) is 0 Å². The van der Waals surface area contributed by atoms with Gasteiger partial charge in [-0.3, -0.25) is 4.98 Å². The van der Waals surface area contributed by atoms with E-state index in [1.54, 1.807) is 0 Å². The normalized spacial score (nSPS) is 12.4. The van der Waals surface area contributed by atoms with E-state index in [2.05, 4.69) is 4.98 Å². The van der Waals surface area contributed by atoms with E-state index in [1.807, 2.05) is 0 Å². The summed E-state index contributed by atoms with van der Waals surface area (Å²) in [5.41, 5.74) is -0.445. The van der Waals surface area contributed by atoms with E-state index in [9.17, 15) is 21.6 Å². The highest BCUT2D eigenvalue weighted by Crippen LogP contribution is 2.32. The van der Waals surface area contributed by atoms with E-state index in [4.69, 9.17) is 22.3 Å². The molecule has 3 nitrogen and oxygen atoms in total. The minimum atomic E-state index is -4.49. The number of hydrogen-bond acceptors (Lipinski definition) is 3. The molecule has 0 radical (unpaired) electrons. The zero-order valence-electron chi connectivity index (χ0n) is 10.0. The maximum atomic E-state index is 12.4. The average molecular weight is 356 g/mol. The smallest absolute Gasteiger partial charge is 0.256 e. The lowest BCUT2D eigenvalue weighted by atomic mass is 10.1. The fourth-order valence-corrected chi connectivity index (χ4v) is 3.07. The van der Waals surface area contributed by atoms with Gasteiger partial charge in [-0.15, -0.1) is 0 Å². The fraction of sp³-hybridized carbons (Fsp3) is 0.0833. The Balaban J connectivity index is 2.48. The summed E-state index contributed by atoms with van der Waals surface area (Å²) in [6, 6.07) is 5.86. The molecule has 1 aromatic heterocycles. The zero-order valence-corrected chi connectivity index (χ0v) is 12.4. The van der Waals surface area contributed by atoms with Crippen LogP contribution in [-0.2, 0) is 15.2 Å². The Morgan fingerprint density at radius 2 is 1.76 bits per heavy atom. The van der Waals surface area contributed by atoms with Crippen LogP contribution in [0.4, 0.5) is 13.2 Å². The first-order valence-electron chi connectivity index (χ1n) is 5.37. The maximum Gasteiger partial charge on any atom is 0.417 e. The molecule has 0 fully saturated rings. The zero-order chi connectivity index (χ0) is 15.8. The number of nitrogens with zero attached hydrogens (tertiary/aromatic N) is 1. The van der Waals surface area contributed by atoms with E-state index in [0.29, 0.717) is 6.20 Å². The van der Waals surface area contributed by atoms with Crippen molar-refractivity contribution < 1.29 is 21.6 Å². The summed E-state index contributed by atoms with van der Waals surface area (Å²) in [6.45, 7) is 0.